The number of para-hydroxylation sites is 1. The van der Waals surface area contributed by atoms with Crippen molar-refractivity contribution in [3.63, 3.8) is 0 Å². The Morgan fingerprint density at radius 2 is 1.58 bits per heavy atom. The molecule has 236 valence electrons. The summed E-state index contributed by atoms with van der Waals surface area (Å²) in [6.07, 6.45) is 2.19. The van der Waals surface area contributed by atoms with Gasteiger partial charge in [-0.15, -0.1) is 0 Å². The lowest BCUT2D eigenvalue weighted by Crippen LogP contribution is -2.54. The molecule has 0 saturated carbocycles. The van der Waals surface area contributed by atoms with Crippen molar-refractivity contribution in [2.75, 3.05) is 46.4 Å². The van der Waals surface area contributed by atoms with E-state index < -0.39 is 12.3 Å². The second kappa shape index (κ2) is 13.9. The third-order valence-corrected chi connectivity index (χ3v) is 9.18. The molecule has 2 saturated heterocycles. The van der Waals surface area contributed by atoms with Gasteiger partial charge in [0.2, 0.25) is 5.91 Å². The van der Waals surface area contributed by atoms with Crippen molar-refractivity contribution in [1.29, 1.82) is 0 Å². The lowest BCUT2D eigenvalue weighted by Gasteiger charge is -2.36. The van der Waals surface area contributed by atoms with Crippen molar-refractivity contribution in [3.8, 4) is 0 Å². The molecule has 2 atom stereocenters. The Hall–Kier alpha value is -4.18. The minimum Gasteiger partial charge on any atom is -0.361 e. The van der Waals surface area contributed by atoms with E-state index in [1.54, 1.807) is 16.8 Å². The molecule has 0 radical (unpaired) electrons. The Bertz CT molecular complexity index is 1530. The van der Waals surface area contributed by atoms with Gasteiger partial charge in [-0.3, -0.25) is 4.79 Å². The number of urea groups is 1. The van der Waals surface area contributed by atoms with Crippen LogP contribution in [0.1, 0.15) is 41.9 Å². The average molecular weight is 610 g/mol. The molecule has 0 spiro atoms. The zero-order valence-corrected chi connectivity index (χ0v) is 26.0. The van der Waals surface area contributed by atoms with Crippen LogP contribution in [0.5, 0.6) is 0 Å². The van der Waals surface area contributed by atoms with Crippen molar-refractivity contribution in [3.05, 3.63) is 108 Å². The summed E-state index contributed by atoms with van der Waals surface area (Å²) in [4.78, 5) is 37.1. The van der Waals surface area contributed by atoms with Gasteiger partial charge in [-0.05, 0) is 29.2 Å². The number of aromatic amines is 1. The SMILES string of the molecule is C[C@@H](c1c[nH]c2ccccc12)[C@H](C(=O)N(C)CC1OCC(N)CO1)N1CCN(CCC(c2ccccc2)c2ccccc2)C1=O. The minimum atomic E-state index is -0.698. The van der Waals surface area contributed by atoms with Crippen LogP contribution in [-0.2, 0) is 14.3 Å². The first-order valence-electron chi connectivity index (χ1n) is 15.9. The molecule has 2 aliphatic rings. The van der Waals surface area contributed by atoms with Crippen LogP contribution in [0.15, 0.2) is 91.1 Å². The number of hydrogen-bond acceptors (Lipinski definition) is 5. The topological polar surface area (TPSA) is 104 Å². The first-order valence-corrected chi connectivity index (χ1v) is 15.9. The lowest BCUT2D eigenvalue weighted by atomic mass is 9.88. The highest BCUT2D eigenvalue weighted by molar-refractivity contribution is 5.91. The molecule has 0 aliphatic carbocycles. The van der Waals surface area contributed by atoms with Crippen LogP contribution >= 0.6 is 0 Å². The number of nitrogens with one attached hydrogen (secondary N) is 1. The van der Waals surface area contributed by atoms with Gasteiger partial charge in [-0.25, -0.2) is 4.79 Å². The van der Waals surface area contributed by atoms with Gasteiger partial charge in [0, 0.05) is 55.6 Å². The van der Waals surface area contributed by atoms with Crippen LogP contribution in [0.25, 0.3) is 10.9 Å². The second-order valence-electron chi connectivity index (χ2n) is 12.2. The predicted molar refractivity (Wildman–Crippen MR) is 175 cm³/mol. The van der Waals surface area contributed by atoms with E-state index in [9.17, 15) is 9.59 Å². The van der Waals surface area contributed by atoms with E-state index in [1.807, 2.05) is 48.4 Å². The first-order chi connectivity index (χ1) is 21.9. The monoisotopic (exact) mass is 609 g/mol. The third-order valence-electron chi connectivity index (χ3n) is 9.18. The number of carbonyl (C=O) groups is 2. The summed E-state index contributed by atoms with van der Waals surface area (Å²) >= 11 is 0. The number of amides is 3. The van der Waals surface area contributed by atoms with Crippen molar-refractivity contribution < 1.29 is 19.1 Å². The number of nitrogens with zero attached hydrogens (tertiary/aromatic N) is 3. The minimum absolute atomic E-state index is 0.107. The molecular formula is C36H43N5O4. The molecule has 3 N–H and O–H groups in total. The van der Waals surface area contributed by atoms with Crippen LogP contribution in [0.2, 0.25) is 0 Å². The number of rotatable bonds is 11. The molecule has 0 unspecified atom stereocenters. The molecule has 3 heterocycles. The lowest BCUT2D eigenvalue weighted by molar-refractivity contribution is -0.194. The van der Waals surface area contributed by atoms with Crippen molar-refractivity contribution in [1.82, 2.24) is 19.7 Å². The van der Waals surface area contributed by atoms with E-state index in [0.717, 1.165) is 22.9 Å². The first kappa shape index (κ1) is 30.8. The van der Waals surface area contributed by atoms with Crippen LogP contribution in [-0.4, -0.2) is 96.4 Å². The fourth-order valence-corrected chi connectivity index (χ4v) is 6.71. The normalized spacial score (nSPS) is 20.1. The number of carbonyl (C=O) groups excluding carboxylic acids is 2. The van der Waals surface area contributed by atoms with Gasteiger partial charge in [0.1, 0.15) is 6.04 Å². The highest BCUT2D eigenvalue weighted by Gasteiger charge is 2.42. The molecule has 0 bridgehead atoms. The number of hydrogen-bond donors (Lipinski definition) is 2. The number of aromatic nitrogens is 1. The highest BCUT2D eigenvalue weighted by Crippen LogP contribution is 2.34. The van der Waals surface area contributed by atoms with Gasteiger partial charge >= 0.3 is 6.03 Å². The third kappa shape index (κ3) is 6.76. The molecule has 4 aromatic rings. The predicted octanol–water partition coefficient (Wildman–Crippen LogP) is 4.76. The molecular weight excluding hydrogens is 566 g/mol. The van der Waals surface area contributed by atoms with Gasteiger partial charge in [-0.2, -0.15) is 0 Å². The van der Waals surface area contributed by atoms with Gasteiger partial charge < -0.3 is 34.9 Å². The summed E-state index contributed by atoms with van der Waals surface area (Å²) in [5.74, 6) is -0.244. The molecule has 2 fully saturated rings. The zero-order valence-electron chi connectivity index (χ0n) is 26.0. The summed E-state index contributed by atoms with van der Waals surface area (Å²) in [5, 5.41) is 1.05. The van der Waals surface area contributed by atoms with E-state index in [1.165, 1.54) is 11.1 Å². The number of ether oxygens (including phenoxy) is 2. The maximum absolute atomic E-state index is 14.3. The Morgan fingerprint density at radius 3 is 2.24 bits per heavy atom. The number of likely N-dealkylation sites (N-methyl/N-ethyl adjacent to an activating group) is 1. The summed E-state index contributed by atoms with van der Waals surface area (Å²) in [5.41, 5.74) is 10.4. The second-order valence-corrected chi connectivity index (χ2v) is 12.2. The largest absolute Gasteiger partial charge is 0.361 e. The zero-order chi connectivity index (χ0) is 31.3. The highest BCUT2D eigenvalue weighted by atomic mass is 16.7. The van der Waals surface area contributed by atoms with E-state index in [0.29, 0.717) is 32.8 Å². The Morgan fingerprint density at radius 1 is 0.956 bits per heavy atom. The molecule has 3 aromatic carbocycles. The molecule has 45 heavy (non-hydrogen) atoms. The maximum Gasteiger partial charge on any atom is 0.320 e. The van der Waals surface area contributed by atoms with Gasteiger partial charge in [0.05, 0.1) is 25.8 Å². The van der Waals surface area contributed by atoms with Crippen LogP contribution in [0.4, 0.5) is 4.79 Å². The molecule has 2 aliphatic heterocycles. The van der Waals surface area contributed by atoms with Crippen LogP contribution in [0, 0.1) is 0 Å². The van der Waals surface area contributed by atoms with Crippen LogP contribution < -0.4 is 5.73 Å². The summed E-state index contributed by atoms with van der Waals surface area (Å²) in [6.45, 7) is 4.69. The van der Waals surface area contributed by atoms with Crippen LogP contribution in [0.3, 0.4) is 0 Å². The maximum atomic E-state index is 14.3. The number of fused-ring (bicyclic) bond motifs is 1. The molecule has 3 amide bonds. The standard InChI is InChI=1S/C36H43N5O4/c1-25(31-21-38-32-16-10-9-15-30(31)32)34(35(42)39(2)22-33-44-23-28(37)24-45-33)41-20-19-40(36(41)43)18-17-29(26-11-5-3-6-12-26)27-13-7-4-8-14-27/h3-16,21,25,28-29,33-34,38H,17-20,22-24,37H2,1-2H3/t25-,28?,33?,34+/m0/s1. The molecule has 1 aromatic heterocycles. The van der Waals surface area contributed by atoms with Crippen molar-refractivity contribution in [2.24, 2.45) is 5.73 Å². The van der Waals surface area contributed by atoms with Gasteiger partial charge in [0.25, 0.3) is 0 Å². The quantitative estimate of drug-likeness (QED) is 0.255. The number of H-pyrrole nitrogens is 1. The molecule has 9 nitrogen and oxygen atoms in total. The average Bonchev–Trinajstić information content (AvgIpc) is 3.67. The summed E-state index contributed by atoms with van der Waals surface area (Å²) < 4.78 is 11.5. The smallest absolute Gasteiger partial charge is 0.320 e. The fourth-order valence-electron chi connectivity index (χ4n) is 6.71. The summed E-state index contributed by atoms with van der Waals surface area (Å²) in [7, 11) is 1.75. The molecule has 6 rings (SSSR count). The number of benzene rings is 3. The van der Waals surface area contributed by atoms with E-state index in [-0.39, 0.29) is 36.4 Å². The van der Waals surface area contributed by atoms with Crippen molar-refractivity contribution >= 4 is 22.8 Å². The Balaban J connectivity index is 1.22. The Kier molecular flexibility index (Phi) is 9.49. The van der Waals surface area contributed by atoms with Gasteiger partial charge in [0.15, 0.2) is 6.29 Å². The van der Waals surface area contributed by atoms with E-state index in [4.69, 9.17) is 15.2 Å². The Labute approximate surface area is 264 Å². The summed E-state index contributed by atoms with van der Waals surface area (Å²) in [6, 6.07) is 28.0. The number of nitrogens with two attached hydrogens (primary N) is 1. The van der Waals surface area contributed by atoms with Gasteiger partial charge in [-0.1, -0.05) is 85.8 Å². The fraction of sp³-hybridized carbons (Fsp3) is 0.389. The van der Waals surface area contributed by atoms with E-state index >= 15 is 0 Å². The van der Waals surface area contributed by atoms with E-state index in [2.05, 4.69) is 59.6 Å². The molecule has 9 heteroatoms. The van der Waals surface area contributed by atoms with Crippen molar-refractivity contribution in [2.45, 2.75) is 43.6 Å².